The van der Waals surface area contributed by atoms with Gasteiger partial charge in [-0.1, -0.05) is 11.6 Å². The predicted molar refractivity (Wildman–Crippen MR) is 116 cm³/mol. The molecule has 2 aromatic carbocycles. The first kappa shape index (κ1) is 21.8. The average Bonchev–Trinajstić information content (AvgIpc) is 3.13. The zero-order valence-electron chi connectivity index (χ0n) is 16.9. The van der Waals surface area contributed by atoms with Crippen molar-refractivity contribution >= 4 is 38.2 Å². The van der Waals surface area contributed by atoms with Crippen LogP contribution in [-0.2, 0) is 10.0 Å². The summed E-state index contributed by atoms with van der Waals surface area (Å²) in [6.45, 7) is 5.03. The van der Waals surface area contributed by atoms with Gasteiger partial charge < -0.3 is 10.0 Å². The van der Waals surface area contributed by atoms with Crippen LogP contribution in [0, 0.1) is 11.6 Å². The maximum absolute atomic E-state index is 13.7. The van der Waals surface area contributed by atoms with Crippen LogP contribution in [0.3, 0.4) is 0 Å². The van der Waals surface area contributed by atoms with Crippen LogP contribution in [-0.4, -0.2) is 59.0 Å². The molecule has 0 radical (unpaired) electrons. The van der Waals surface area contributed by atoms with Crippen molar-refractivity contribution < 1.29 is 22.3 Å². The zero-order chi connectivity index (χ0) is 22.5. The van der Waals surface area contributed by atoms with Gasteiger partial charge in [-0.15, -0.1) is 0 Å². The van der Waals surface area contributed by atoms with E-state index >= 15 is 0 Å². The molecule has 0 atom stereocenters. The third kappa shape index (κ3) is 3.83. The number of phenols is 1. The van der Waals surface area contributed by atoms with Crippen LogP contribution >= 0.6 is 11.6 Å². The maximum Gasteiger partial charge on any atom is 0.216 e. The quantitative estimate of drug-likeness (QED) is 0.631. The molecular weight excluding hydrogens is 450 g/mol. The molecule has 166 valence electrons. The van der Waals surface area contributed by atoms with Crippen molar-refractivity contribution in [3.05, 3.63) is 47.1 Å². The highest BCUT2D eigenvalue weighted by Crippen LogP contribution is 2.34. The number of aromatic hydroxyl groups is 1. The van der Waals surface area contributed by atoms with E-state index in [9.17, 15) is 22.3 Å². The number of nitrogens with zero attached hydrogens (tertiary/aromatic N) is 4. The summed E-state index contributed by atoms with van der Waals surface area (Å²) < 4.78 is 54.8. The number of aromatic nitrogens is 2. The highest BCUT2D eigenvalue weighted by Gasteiger charge is 2.30. The Labute approximate surface area is 183 Å². The van der Waals surface area contributed by atoms with E-state index in [1.165, 1.54) is 8.99 Å². The van der Waals surface area contributed by atoms with Crippen molar-refractivity contribution in [2.45, 2.75) is 19.1 Å². The average molecular weight is 471 g/mol. The molecule has 1 saturated heterocycles. The van der Waals surface area contributed by atoms with E-state index in [-0.39, 0.29) is 5.69 Å². The van der Waals surface area contributed by atoms with Crippen molar-refractivity contribution in [2.24, 2.45) is 0 Å². The normalized spacial score (nSPS) is 15.9. The molecule has 1 aliphatic rings. The fourth-order valence-corrected chi connectivity index (χ4v) is 5.20. The molecule has 2 heterocycles. The topological polar surface area (TPSA) is 78.7 Å². The molecular formula is C20H21ClF2N4O3S. The summed E-state index contributed by atoms with van der Waals surface area (Å²) in [6.07, 6.45) is 1.56. The second-order valence-electron chi connectivity index (χ2n) is 7.66. The van der Waals surface area contributed by atoms with Gasteiger partial charge in [0.05, 0.1) is 33.4 Å². The maximum atomic E-state index is 13.7. The van der Waals surface area contributed by atoms with Crippen LogP contribution in [0.15, 0.2) is 30.5 Å². The van der Waals surface area contributed by atoms with E-state index in [0.717, 1.165) is 17.8 Å². The summed E-state index contributed by atoms with van der Waals surface area (Å²) in [7, 11) is -3.31. The number of phenolic OH excluding ortho intramolecular Hbond substituents is 1. The van der Waals surface area contributed by atoms with Gasteiger partial charge in [-0.2, -0.15) is 13.8 Å². The second kappa shape index (κ2) is 7.92. The third-order valence-corrected chi connectivity index (χ3v) is 7.99. The van der Waals surface area contributed by atoms with Crippen LogP contribution in [0.1, 0.15) is 13.8 Å². The predicted octanol–water partition coefficient (Wildman–Crippen LogP) is 3.52. The first-order valence-electron chi connectivity index (χ1n) is 9.69. The number of piperazine rings is 1. The lowest BCUT2D eigenvalue weighted by Gasteiger charge is -2.36. The highest BCUT2D eigenvalue weighted by atomic mass is 35.5. The Bertz CT molecular complexity index is 1230. The van der Waals surface area contributed by atoms with Crippen LogP contribution in [0.25, 0.3) is 16.6 Å². The van der Waals surface area contributed by atoms with Crippen LogP contribution in [0.5, 0.6) is 5.75 Å². The molecule has 0 saturated carbocycles. The molecule has 0 unspecified atom stereocenters. The van der Waals surface area contributed by atoms with E-state index in [0.29, 0.717) is 42.1 Å². The third-order valence-electron chi connectivity index (χ3n) is 5.41. The molecule has 1 aliphatic heterocycles. The molecule has 31 heavy (non-hydrogen) atoms. The van der Waals surface area contributed by atoms with Gasteiger partial charge in [-0.05, 0) is 26.0 Å². The number of benzene rings is 2. The van der Waals surface area contributed by atoms with E-state index in [2.05, 4.69) is 5.10 Å². The summed E-state index contributed by atoms with van der Waals surface area (Å²) in [5.41, 5.74) is 1.45. The second-order valence-corrected chi connectivity index (χ2v) is 10.6. The summed E-state index contributed by atoms with van der Waals surface area (Å²) >= 11 is 6.52. The van der Waals surface area contributed by atoms with Crippen molar-refractivity contribution in [2.75, 3.05) is 31.1 Å². The van der Waals surface area contributed by atoms with Gasteiger partial charge in [0, 0.05) is 43.7 Å². The minimum absolute atomic E-state index is 0.155. The van der Waals surface area contributed by atoms with Gasteiger partial charge in [0.25, 0.3) is 0 Å². The van der Waals surface area contributed by atoms with Gasteiger partial charge in [0.2, 0.25) is 10.0 Å². The minimum Gasteiger partial charge on any atom is -0.505 e. The van der Waals surface area contributed by atoms with Crippen molar-refractivity contribution in [1.82, 2.24) is 14.1 Å². The van der Waals surface area contributed by atoms with E-state index in [1.807, 2.05) is 11.0 Å². The highest BCUT2D eigenvalue weighted by molar-refractivity contribution is 7.89. The molecule has 11 heteroatoms. The largest absolute Gasteiger partial charge is 0.505 e. The molecule has 1 aromatic heterocycles. The van der Waals surface area contributed by atoms with Gasteiger partial charge in [-0.3, -0.25) is 0 Å². The molecule has 0 amide bonds. The first-order chi connectivity index (χ1) is 14.6. The summed E-state index contributed by atoms with van der Waals surface area (Å²) in [5, 5.41) is 14.5. The number of hydrogen-bond acceptors (Lipinski definition) is 5. The molecule has 0 aliphatic carbocycles. The van der Waals surface area contributed by atoms with Gasteiger partial charge in [-0.25, -0.2) is 17.5 Å². The molecule has 0 bridgehead atoms. The summed E-state index contributed by atoms with van der Waals surface area (Å²) in [5.74, 6) is -3.31. The number of hydrogen-bond donors (Lipinski definition) is 1. The Morgan fingerprint density at radius 3 is 2.39 bits per heavy atom. The number of rotatable bonds is 4. The van der Waals surface area contributed by atoms with Crippen LogP contribution < -0.4 is 4.90 Å². The van der Waals surface area contributed by atoms with Gasteiger partial charge >= 0.3 is 0 Å². The fraction of sp³-hybridized carbons (Fsp3) is 0.350. The minimum atomic E-state index is -3.31. The zero-order valence-corrected chi connectivity index (χ0v) is 18.5. The smallest absolute Gasteiger partial charge is 0.216 e. The molecule has 7 nitrogen and oxygen atoms in total. The van der Waals surface area contributed by atoms with Crippen molar-refractivity contribution in [1.29, 1.82) is 0 Å². The van der Waals surface area contributed by atoms with Gasteiger partial charge in [0.15, 0.2) is 17.4 Å². The summed E-state index contributed by atoms with van der Waals surface area (Å²) in [4.78, 5) is 2.01. The van der Waals surface area contributed by atoms with Gasteiger partial charge in [0.1, 0.15) is 0 Å². The lowest BCUT2D eigenvalue weighted by Crippen LogP contribution is -2.50. The number of fused-ring (bicyclic) bond motifs is 1. The van der Waals surface area contributed by atoms with E-state index in [4.69, 9.17) is 11.6 Å². The molecule has 1 N–H and O–H groups in total. The Morgan fingerprint density at radius 2 is 1.77 bits per heavy atom. The Hall–Kier alpha value is -2.43. The number of sulfonamides is 1. The molecule has 0 spiro atoms. The Morgan fingerprint density at radius 1 is 1.10 bits per heavy atom. The lowest BCUT2D eigenvalue weighted by molar-refractivity contribution is 0.381. The SMILES string of the molecule is CC(C)S(=O)(=O)N1CCN(c2cc3cnn(-c4cc(O)c(F)c(F)c4)c3cc2Cl)CC1. The van der Waals surface area contributed by atoms with Crippen molar-refractivity contribution in [3.63, 3.8) is 0 Å². The monoisotopic (exact) mass is 470 g/mol. The standard InChI is InChI=1S/C20H21ClF2N4O3S/c1-12(2)31(29,30)26-5-3-25(4-6-26)18-7-13-11-24-27(17(13)10-15(18)21)14-8-16(22)20(23)19(28)9-14/h7-12,28H,3-6H2,1-2H3. The van der Waals surface area contributed by atoms with E-state index < -0.39 is 32.7 Å². The molecule has 4 rings (SSSR count). The van der Waals surface area contributed by atoms with Crippen molar-refractivity contribution in [3.8, 4) is 11.4 Å². The number of halogens is 3. The van der Waals surface area contributed by atoms with Crippen LogP contribution in [0.2, 0.25) is 5.02 Å². The Balaban J connectivity index is 1.63. The number of anilines is 1. The Kier molecular flexibility index (Phi) is 5.57. The summed E-state index contributed by atoms with van der Waals surface area (Å²) in [6, 6.07) is 5.51. The first-order valence-corrected chi connectivity index (χ1v) is 11.6. The fourth-order valence-electron chi connectivity index (χ4n) is 3.65. The lowest BCUT2D eigenvalue weighted by atomic mass is 10.2. The van der Waals surface area contributed by atoms with Crippen LogP contribution in [0.4, 0.5) is 14.5 Å². The molecule has 3 aromatic rings. The van der Waals surface area contributed by atoms with E-state index in [1.54, 1.807) is 26.1 Å². The molecule has 1 fully saturated rings.